The summed E-state index contributed by atoms with van der Waals surface area (Å²) in [6.45, 7) is 1.81. The number of nitrogens with two attached hydrogens (primary N) is 3. The summed E-state index contributed by atoms with van der Waals surface area (Å²) >= 11 is 0. The zero-order valence-corrected chi connectivity index (χ0v) is 46.6. The number of pyridine rings is 3. The highest BCUT2D eigenvalue weighted by molar-refractivity contribution is 7.88. The number of nitrogens with zero attached hydrogens (tertiary/aromatic N) is 11. The molecule has 0 saturated carbocycles. The van der Waals surface area contributed by atoms with Crippen LogP contribution < -0.4 is 17.2 Å². The minimum absolute atomic E-state index is 0.122. The molecule has 422 valence electrons. The first kappa shape index (κ1) is 56.7. The van der Waals surface area contributed by atoms with Crippen LogP contribution in [0.3, 0.4) is 0 Å². The molecule has 0 bridgehead atoms. The second-order valence-corrected chi connectivity index (χ2v) is 26.5. The fraction of sp³-hybridized carbons (Fsp3) is 0.471. The van der Waals surface area contributed by atoms with Gasteiger partial charge < -0.3 is 22.3 Å². The summed E-state index contributed by atoms with van der Waals surface area (Å²) in [7, 11) is -9.76. The molecule has 0 spiro atoms. The number of hydrogen-bond acceptors (Lipinski definition) is 18. The van der Waals surface area contributed by atoms with Crippen molar-refractivity contribution in [2.45, 2.75) is 114 Å². The highest BCUT2D eigenvalue weighted by atomic mass is 32.2. The van der Waals surface area contributed by atoms with E-state index >= 15 is 0 Å². The fourth-order valence-corrected chi connectivity index (χ4v) is 13.6. The number of anilines is 3. The van der Waals surface area contributed by atoms with Crippen LogP contribution in [0.2, 0.25) is 0 Å². The van der Waals surface area contributed by atoms with Crippen LogP contribution >= 0.6 is 0 Å². The maximum atomic E-state index is 13.3. The molecule has 0 saturated heterocycles. The minimum Gasteiger partial charge on any atom is -0.481 e. The molecular formula is C51H65N15O10S3. The summed E-state index contributed by atoms with van der Waals surface area (Å²) in [5.41, 5.74) is 27.9. The SMILES string of the molecule is CS(=O)(=O)N1CCc2c(N)n[nH]c2C1.CS(=O)(=O)N1CCc2c(N)nn(C(=O)C3CCCc4ncccc43)c2C1.CS(=O)(=O)N1CCc2c(nn(C(=O)C3CCCc4ncccc43)c2N)C1.O=C(O)C1CCCc2ncccc21. The number of fused-ring (bicyclic) bond motifs is 6. The number of nitrogens with one attached hydrogen (secondary N) is 1. The van der Waals surface area contributed by atoms with Crippen LogP contribution in [0, 0.1) is 0 Å². The molecule has 8 N–H and O–H groups in total. The van der Waals surface area contributed by atoms with Crippen LogP contribution in [0.5, 0.6) is 0 Å². The Morgan fingerprint density at radius 2 is 0.987 bits per heavy atom. The van der Waals surface area contributed by atoms with Crippen LogP contribution in [0.1, 0.15) is 133 Å². The van der Waals surface area contributed by atoms with Crippen LogP contribution in [0.25, 0.3) is 0 Å². The molecule has 25 nitrogen and oxygen atoms in total. The number of rotatable bonds is 6. The molecule has 28 heteroatoms. The van der Waals surface area contributed by atoms with Crippen LogP contribution in [0.15, 0.2) is 55.0 Å². The molecule has 6 aromatic heterocycles. The zero-order valence-electron chi connectivity index (χ0n) is 44.2. The predicted octanol–water partition coefficient (Wildman–Crippen LogP) is 2.77. The Morgan fingerprint density at radius 3 is 1.49 bits per heavy atom. The first-order valence-electron chi connectivity index (χ1n) is 26.0. The van der Waals surface area contributed by atoms with Crippen molar-refractivity contribution in [2.75, 3.05) is 55.6 Å². The van der Waals surface area contributed by atoms with Gasteiger partial charge in [-0.05, 0) is 112 Å². The fourth-order valence-electron chi connectivity index (χ4n) is 11.2. The zero-order chi connectivity index (χ0) is 56.6. The van der Waals surface area contributed by atoms with Gasteiger partial charge in [-0.2, -0.15) is 27.8 Å². The number of H-pyrrole nitrogens is 1. The molecule has 12 rings (SSSR count). The maximum absolute atomic E-state index is 13.3. The highest BCUT2D eigenvalue weighted by Gasteiger charge is 2.37. The summed E-state index contributed by atoms with van der Waals surface area (Å²) in [6, 6.07) is 11.2. The number of aromatic nitrogens is 9. The third kappa shape index (κ3) is 12.3. The Hall–Kier alpha value is -6.98. The van der Waals surface area contributed by atoms with E-state index in [-0.39, 0.29) is 42.7 Å². The molecule has 3 unspecified atom stereocenters. The van der Waals surface area contributed by atoms with Gasteiger partial charge in [-0.15, -0.1) is 5.10 Å². The largest absolute Gasteiger partial charge is 0.481 e. The van der Waals surface area contributed by atoms with E-state index in [1.807, 2.05) is 30.3 Å². The Bertz CT molecular complexity index is 3650. The van der Waals surface area contributed by atoms with E-state index < -0.39 is 36.0 Å². The number of aliphatic carboxylic acids is 1. The normalized spacial score (nSPS) is 20.1. The van der Waals surface area contributed by atoms with Crippen molar-refractivity contribution in [1.82, 2.24) is 57.6 Å². The Morgan fingerprint density at radius 1 is 0.544 bits per heavy atom. The van der Waals surface area contributed by atoms with Gasteiger partial charge in [0.25, 0.3) is 11.8 Å². The van der Waals surface area contributed by atoms with Crippen molar-refractivity contribution >= 4 is 65.3 Å². The lowest BCUT2D eigenvalue weighted by atomic mass is 9.85. The lowest BCUT2D eigenvalue weighted by molar-refractivity contribution is -0.139. The molecule has 6 aliphatic rings. The number of nitrogen functional groups attached to an aromatic ring is 3. The van der Waals surface area contributed by atoms with Gasteiger partial charge in [0.05, 0.1) is 73.2 Å². The van der Waals surface area contributed by atoms with Gasteiger partial charge in [-0.25, -0.2) is 29.9 Å². The molecule has 0 fully saturated rings. The number of carbonyl (C=O) groups excluding carboxylic acids is 2. The highest BCUT2D eigenvalue weighted by Crippen LogP contribution is 2.36. The number of hydrogen-bond donors (Lipinski definition) is 5. The van der Waals surface area contributed by atoms with Gasteiger partial charge in [0.2, 0.25) is 30.1 Å². The molecule has 6 aromatic rings. The topological polar surface area (TPSA) is 365 Å². The van der Waals surface area contributed by atoms with Gasteiger partial charge in [-0.1, -0.05) is 18.2 Å². The van der Waals surface area contributed by atoms with Crippen LogP contribution in [0.4, 0.5) is 17.5 Å². The quantitative estimate of drug-likeness (QED) is 0.160. The Balaban J connectivity index is 0.000000134. The van der Waals surface area contributed by atoms with Crippen LogP contribution in [-0.2, 0) is 93.0 Å². The number of sulfonamides is 3. The maximum Gasteiger partial charge on any atom is 0.311 e. The average Bonchev–Trinajstić information content (AvgIpc) is 4.19. The molecule has 3 aliphatic carbocycles. The van der Waals surface area contributed by atoms with Crippen molar-refractivity contribution in [3.8, 4) is 0 Å². The van der Waals surface area contributed by atoms with Gasteiger partial charge >= 0.3 is 5.97 Å². The number of carboxylic acids is 1. The van der Waals surface area contributed by atoms with E-state index in [9.17, 15) is 39.6 Å². The first-order chi connectivity index (χ1) is 37.5. The lowest BCUT2D eigenvalue weighted by Crippen LogP contribution is -2.37. The van der Waals surface area contributed by atoms with E-state index in [1.54, 1.807) is 24.7 Å². The van der Waals surface area contributed by atoms with Gasteiger partial charge in [0.1, 0.15) is 17.5 Å². The van der Waals surface area contributed by atoms with Crippen molar-refractivity contribution in [3.63, 3.8) is 0 Å². The molecule has 3 aliphatic heterocycles. The van der Waals surface area contributed by atoms with Gasteiger partial charge in [-0.3, -0.25) is 34.4 Å². The van der Waals surface area contributed by atoms with E-state index in [1.165, 1.54) is 41.0 Å². The molecule has 0 amide bonds. The molecule has 79 heavy (non-hydrogen) atoms. The summed E-state index contributed by atoms with van der Waals surface area (Å²) in [5, 5.41) is 24.2. The molecule has 3 atom stereocenters. The van der Waals surface area contributed by atoms with E-state index in [0.717, 1.165) is 114 Å². The number of carboxylic acid groups (broad SMARTS) is 1. The van der Waals surface area contributed by atoms with Gasteiger partial charge in [0, 0.05) is 72.0 Å². The summed E-state index contributed by atoms with van der Waals surface area (Å²) in [5.74, 6) is -0.928. The molecular weight excluding hydrogens is 1080 g/mol. The standard InChI is InChI=1S/2C17H21N5O3S.C10H11NO2.C7H12N4O2S/c1-26(24,25)21-9-7-13-15(10-21)22(20-16(13)18)17(23)12-4-2-6-14-11(12)5-3-8-19-14;1-26(24,25)21-9-7-13-15(10-21)20-22(16(13)18)17(23)12-4-2-6-14-11(12)5-3-8-19-14;12-10(13)8-3-1-5-9-7(8)4-2-6-11-9;1-14(12,13)11-3-2-5-6(4-11)9-10-7(5)8/h3,5,8,12H,2,4,6-7,9-10H2,1H3,(H2,18,20);3,5,8,12H,2,4,6-7,9-10,18H2,1H3;2,4,6,8H,1,3,5H2,(H,12,13);2-4H2,1H3,(H3,8,9,10). The smallest absolute Gasteiger partial charge is 0.311 e. The van der Waals surface area contributed by atoms with Crippen molar-refractivity contribution in [2.24, 2.45) is 0 Å². The van der Waals surface area contributed by atoms with E-state index in [2.05, 4.69) is 35.3 Å². The minimum atomic E-state index is -3.35. The van der Waals surface area contributed by atoms with Gasteiger partial charge in [0.15, 0.2) is 0 Å². The molecule has 9 heterocycles. The number of carbonyl (C=O) groups is 3. The lowest BCUT2D eigenvalue weighted by Gasteiger charge is -2.27. The number of aromatic amines is 1. The average molecular weight is 1140 g/mol. The Kier molecular flexibility index (Phi) is 16.5. The second kappa shape index (κ2) is 23.0. The summed E-state index contributed by atoms with van der Waals surface area (Å²) < 4.78 is 76.7. The molecule has 0 radical (unpaired) electrons. The Labute approximate surface area is 458 Å². The third-order valence-electron chi connectivity index (χ3n) is 15.4. The monoisotopic (exact) mass is 1140 g/mol. The third-order valence-corrected chi connectivity index (χ3v) is 19.1. The summed E-state index contributed by atoms with van der Waals surface area (Å²) in [6.07, 6.45) is 17.9. The van der Waals surface area contributed by atoms with E-state index in [0.29, 0.717) is 74.3 Å². The van der Waals surface area contributed by atoms with E-state index in [4.69, 9.17) is 22.3 Å². The van der Waals surface area contributed by atoms with Crippen LogP contribution in [-0.4, -0.2) is 144 Å². The predicted molar refractivity (Wildman–Crippen MR) is 292 cm³/mol. The molecule has 0 aromatic carbocycles. The van der Waals surface area contributed by atoms with Crippen molar-refractivity contribution in [1.29, 1.82) is 0 Å². The number of aryl methyl sites for hydroxylation is 3. The second-order valence-electron chi connectivity index (χ2n) is 20.5. The summed E-state index contributed by atoms with van der Waals surface area (Å²) in [4.78, 5) is 50.2. The van der Waals surface area contributed by atoms with Crippen molar-refractivity contribution < 1.29 is 44.7 Å². The first-order valence-corrected chi connectivity index (χ1v) is 31.6. The van der Waals surface area contributed by atoms with Crippen molar-refractivity contribution in [3.05, 3.63) is 123 Å².